The van der Waals surface area contributed by atoms with Gasteiger partial charge in [-0.25, -0.2) is 0 Å². The third-order valence-electron chi connectivity index (χ3n) is 4.82. The van der Waals surface area contributed by atoms with Crippen LogP contribution in [-0.2, 0) is 27.4 Å². The largest absolute Gasteiger partial charge is 0.454 e. The first kappa shape index (κ1) is 19.2. The van der Waals surface area contributed by atoms with Crippen molar-refractivity contribution < 1.29 is 23.8 Å². The first-order valence-electron chi connectivity index (χ1n) is 9.54. The molecular weight excluding hydrogens is 374 g/mol. The maximum absolute atomic E-state index is 12.1. The predicted octanol–water partition coefficient (Wildman–Crippen LogP) is 1.50. The molecule has 8 heteroatoms. The molecule has 1 saturated heterocycles. The molecule has 2 aromatic rings. The van der Waals surface area contributed by atoms with E-state index in [-0.39, 0.29) is 13.3 Å². The summed E-state index contributed by atoms with van der Waals surface area (Å²) in [6, 6.07) is 13.0. The summed E-state index contributed by atoms with van der Waals surface area (Å²) in [6.07, 6.45) is 0. The Morgan fingerprint density at radius 3 is 2.41 bits per heavy atom. The molecule has 0 aliphatic carbocycles. The van der Waals surface area contributed by atoms with Crippen LogP contribution < -0.4 is 20.1 Å². The Bertz CT molecular complexity index is 878. The van der Waals surface area contributed by atoms with E-state index in [4.69, 9.17) is 14.2 Å². The van der Waals surface area contributed by atoms with Crippen molar-refractivity contribution >= 4 is 17.5 Å². The molecule has 2 heterocycles. The minimum Gasteiger partial charge on any atom is -0.454 e. The Morgan fingerprint density at radius 2 is 1.62 bits per heavy atom. The van der Waals surface area contributed by atoms with Gasteiger partial charge >= 0.3 is 11.8 Å². The summed E-state index contributed by atoms with van der Waals surface area (Å²) in [4.78, 5) is 26.5. The monoisotopic (exact) mass is 397 g/mol. The van der Waals surface area contributed by atoms with Gasteiger partial charge in [0.2, 0.25) is 6.79 Å². The number of morpholine rings is 1. The van der Waals surface area contributed by atoms with Crippen molar-refractivity contribution in [3.8, 4) is 11.5 Å². The van der Waals surface area contributed by atoms with Gasteiger partial charge in [-0.05, 0) is 23.3 Å². The summed E-state index contributed by atoms with van der Waals surface area (Å²) in [6.45, 7) is 4.75. The lowest BCUT2D eigenvalue weighted by Gasteiger charge is -2.26. The Balaban J connectivity index is 1.24. The molecule has 0 saturated carbocycles. The highest BCUT2D eigenvalue weighted by atomic mass is 16.7. The van der Waals surface area contributed by atoms with E-state index in [1.54, 1.807) is 18.2 Å². The normalized spacial score (nSPS) is 15.7. The zero-order valence-corrected chi connectivity index (χ0v) is 16.0. The molecule has 2 amide bonds. The second-order valence-corrected chi connectivity index (χ2v) is 6.91. The van der Waals surface area contributed by atoms with Crippen LogP contribution in [0.5, 0.6) is 11.5 Å². The molecule has 4 rings (SSSR count). The molecule has 2 N–H and O–H groups in total. The fourth-order valence-electron chi connectivity index (χ4n) is 3.20. The molecule has 0 bridgehead atoms. The summed E-state index contributed by atoms with van der Waals surface area (Å²) in [7, 11) is 0. The Labute approximate surface area is 168 Å². The number of hydrogen-bond donors (Lipinski definition) is 2. The first-order valence-corrected chi connectivity index (χ1v) is 9.54. The van der Waals surface area contributed by atoms with Gasteiger partial charge in [-0.3, -0.25) is 14.5 Å². The molecule has 0 aromatic heterocycles. The summed E-state index contributed by atoms with van der Waals surface area (Å²) < 4.78 is 15.8. The SMILES string of the molecule is O=C(NCc1ccc(CN2CCOCC2)cc1)C(=O)Nc1ccc2c(c1)OCO2. The molecule has 152 valence electrons. The summed E-state index contributed by atoms with van der Waals surface area (Å²) >= 11 is 0. The number of nitrogens with one attached hydrogen (secondary N) is 2. The van der Waals surface area contributed by atoms with Gasteiger partial charge in [0.25, 0.3) is 0 Å². The summed E-state index contributed by atoms with van der Waals surface area (Å²) in [5, 5.41) is 5.20. The lowest BCUT2D eigenvalue weighted by Crippen LogP contribution is -2.35. The molecule has 0 unspecified atom stereocenters. The first-order chi connectivity index (χ1) is 14.2. The van der Waals surface area contributed by atoms with Crippen LogP contribution in [0.25, 0.3) is 0 Å². The molecule has 1 fully saturated rings. The van der Waals surface area contributed by atoms with Crippen LogP contribution in [0.3, 0.4) is 0 Å². The number of fused-ring (bicyclic) bond motifs is 1. The summed E-state index contributed by atoms with van der Waals surface area (Å²) in [5.74, 6) is -0.266. The average molecular weight is 397 g/mol. The van der Waals surface area contributed by atoms with Crippen LogP contribution >= 0.6 is 0 Å². The number of hydrogen-bond acceptors (Lipinski definition) is 6. The molecule has 2 aromatic carbocycles. The maximum Gasteiger partial charge on any atom is 0.313 e. The number of benzene rings is 2. The molecule has 2 aliphatic rings. The molecule has 0 atom stereocenters. The molecule has 0 spiro atoms. The number of ether oxygens (including phenoxy) is 3. The molecule has 8 nitrogen and oxygen atoms in total. The van der Waals surface area contributed by atoms with Crippen molar-refractivity contribution in [1.82, 2.24) is 10.2 Å². The molecule has 29 heavy (non-hydrogen) atoms. The van der Waals surface area contributed by atoms with Gasteiger partial charge in [0.1, 0.15) is 0 Å². The van der Waals surface area contributed by atoms with E-state index in [9.17, 15) is 9.59 Å². The number of nitrogens with zero attached hydrogens (tertiary/aromatic N) is 1. The average Bonchev–Trinajstić information content (AvgIpc) is 3.21. The van der Waals surface area contributed by atoms with Crippen LogP contribution in [0.4, 0.5) is 5.69 Å². The van der Waals surface area contributed by atoms with Crippen LogP contribution in [0, 0.1) is 0 Å². The molecule has 0 radical (unpaired) electrons. The Kier molecular flexibility index (Phi) is 5.92. The van der Waals surface area contributed by atoms with Gasteiger partial charge in [0, 0.05) is 37.9 Å². The van der Waals surface area contributed by atoms with E-state index < -0.39 is 11.8 Å². The van der Waals surface area contributed by atoms with E-state index in [0.717, 1.165) is 38.4 Å². The van der Waals surface area contributed by atoms with Gasteiger partial charge in [-0.2, -0.15) is 0 Å². The minimum absolute atomic E-state index is 0.151. The Hall–Kier alpha value is -3.10. The van der Waals surface area contributed by atoms with E-state index in [1.165, 1.54) is 5.56 Å². The third kappa shape index (κ3) is 5.04. The van der Waals surface area contributed by atoms with Crippen molar-refractivity contribution in [1.29, 1.82) is 0 Å². The highest BCUT2D eigenvalue weighted by Crippen LogP contribution is 2.34. The predicted molar refractivity (Wildman–Crippen MR) is 106 cm³/mol. The fraction of sp³-hybridized carbons (Fsp3) is 0.333. The smallest absolute Gasteiger partial charge is 0.313 e. The topological polar surface area (TPSA) is 89.1 Å². The lowest BCUT2D eigenvalue weighted by atomic mass is 10.1. The van der Waals surface area contributed by atoms with E-state index in [1.807, 2.05) is 24.3 Å². The van der Waals surface area contributed by atoms with Gasteiger partial charge in [-0.15, -0.1) is 0 Å². The van der Waals surface area contributed by atoms with Crippen molar-refractivity contribution in [2.75, 3.05) is 38.4 Å². The number of carbonyl (C=O) groups excluding carboxylic acids is 2. The third-order valence-corrected chi connectivity index (χ3v) is 4.82. The van der Waals surface area contributed by atoms with Crippen molar-refractivity contribution in [3.63, 3.8) is 0 Å². The quantitative estimate of drug-likeness (QED) is 0.744. The highest BCUT2D eigenvalue weighted by Gasteiger charge is 2.17. The Morgan fingerprint density at radius 1 is 0.897 bits per heavy atom. The van der Waals surface area contributed by atoms with Gasteiger partial charge in [0.05, 0.1) is 13.2 Å². The number of anilines is 1. The van der Waals surface area contributed by atoms with E-state index in [0.29, 0.717) is 17.2 Å². The van der Waals surface area contributed by atoms with Gasteiger partial charge in [-0.1, -0.05) is 24.3 Å². The zero-order chi connectivity index (χ0) is 20.1. The number of rotatable bonds is 5. The molecular formula is C21H23N3O5. The highest BCUT2D eigenvalue weighted by molar-refractivity contribution is 6.39. The second kappa shape index (κ2) is 8.93. The maximum atomic E-state index is 12.1. The number of carbonyl (C=O) groups is 2. The van der Waals surface area contributed by atoms with Crippen LogP contribution in [0.2, 0.25) is 0 Å². The van der Waals surface area contributed by atoms with Crippen molar-refractivity contribution in [3.05, 3.63) is 53.6 Å². The minimum atomic E-state index is -0.729. The zero-order valence-electron chi connectivity index (χ0n) is 16.0. The summed E-state index contributed by atoms with van der Waals surface area (Å²) in [5.41, 5.74) is 2.62. The van der Waals surface area contributed by atoms with E-state index in [2.05, 4.69) is 15.5 Å². The number of amides is 2. The van der Waals surface area contributed by atoms with Crippen LogP contribution in [-0.4, -0.2) is 49.8 Å². The standard InChI is InChI=1S/C21H23N3O5/c25-20(21(26)23-17-5-6-18-19(11-17)29-14-28-18)22-12-15-1-3-16(4-2-15)13-24-7-9-27-10-8-24/h1-6,11H,7-10,12-14H2,(H,22,25)(H,23,26). The fourth-order valence-corrected chi connectivity index (χ4v) is 3.20. The van der Waals surface area contributed by atoms with Crippen molar-refractivity contribution in [2.45, 2.75) is 13.1 Å². The lowest BCUT2D eigenvalue weighted by molar-refractivity contribution is -0.136. The van der Waals surface area contributed by atoms with Crippen LogP contribution in [0.1, 0.15) is 11.1 Å². The second-order valence-electron chi connectivity index (χ2n) is 6.91. The van der Waals surface area contributed by atoms with Crippen molar-refractivity contribution in [2.24, 2.45) is 0 Å². The van der Waals surface area contributed by atoms with E-state index >= 15 is 0 Å². The van der Waals surface area contributed by atoms with Crippen LogP contribution in [0.15, 0.2) is 42.5 Å². The molecule has 2 aliphatic heterocycles. The van der Waals surface area contributed by atoms with Gasteiger partial charge in [0.15, 0.2) is 11.5 Å². The van der Waals surface area contributed by atoms with Gasteiger partial charge < -0.3 is 24.8 Å².